The van der Waals surface area contributed by atoms with Crippen molar-refractivity contribution in [2.24, 2.45) is 0 Å². The first-order valence-corrected chi connectivity index (χ1v) is 7.34. The molecule has 4 atom stereocenters. The third kappa shape index (κ3) is 2.25. The normalized spacial score (nSPS) is 27.8. The van der Waals surface area contributed by atoms with E-state index in [0.717, 1.165) is 4.57 Å². The molecule has 0 amide bonds. The lowest BCUT2D eigenvalue weighted by atomic mass is 10.1. The standard InChI is InChI=1S/C15H14FN3O5/c16-11-12(21)10(6-20)24-14(11)19-5-9-13(18-15(19)22)17-7-3-1-2-4-8(7)23-9/h1-5,10-12,14,20-21H,6H2,(H,17,18,22)/t10-,11?,12+,14-/m1/s1. The largest absolute Gasteiger partial charge is 0.450 e. The minimum absolute atomic E-state index is 0.211. The van der Waals surface area contributed by atoms with Crippen LogP contribution in [0, 0.1) is 0 Å². The van der Waals surface area contributed by atoms with E-state index in [0.29, 0.717) is 11.4 Å². The first kappa shape index (κ1) is 15.1. The van der Waals surface area contributed by atoms with Crippen molar-refractivity contribution in [3.8, 4) is 11.5 Å². The number of hydrogen-bond acceptors (Lipinski definition) is 7. The third-order valence-corrected chi connectivity index (χ3v) is 4.03. The molecule has 0 bridgehead atoms. The maximum absolute atomic E-state index is 14.2. The van der Waals surface area contributed by atoms with Crippen LogP contribution in [0.1, 0.15) is 6.23 Å². The highest BCUT2D eigenvalue weighted by Gasteiger charge is 2.45. The number of anilines is 2. The fourth-order valence-corrected chi connectivity index (χ4v) is 2.78. The summed E-state index contributed by atoms with van der Waals surface area (Å²) in [5, 5.41) is 21.8. The molecule has 1 unspecified atom stereocenters. The van der Waals surface area contributed by atoms with Crippen LogP contribution < -0.4 is 15.7 Å². The van der Waals surface area contributed by atoms with Gasteiger partial charge in [0.2, 0.25) is 0 Å². The van der Waals surface area contributed by atoms with Gasteiger partial charge in [0.1, 0.15) is 12.2 Å². The Balaban J connectivity index is 1.72. The van der Waals surface area contributed by atoms with Crippen LogP contribution in [0.25, 0.3) is 0 Å². The van der Waals surface area contributed by atoms with E-state index in [9.17, 15) is 14.3 Å². The van der Waals surface area contributed by atoms with Gasteiger partial charge < -0.3 is 25.0 Å². The number of nitrogens with one attached hydrogen (secondary N) is 1. The highest BCUT2D eigenvalue weighted by atomic mass is 19.1. The Kier molecular flexibility index (Phi) is 3.48. The quantitative estimate of drug-likeness (QED) is 0.632. The molecule has 1 aromatic heterocycles. The third-order valence-electron chi connectivity index (χ3n) is 4.03. The van der Waals surface area contributed by atoms with E-state index in [1.807, 2.05) is 0 Å². The van der Waals surface area contributed by atoms with Crippen molar-refractivity contribution in [3.05, 3.63) is 40.9 Å². The summed E-state index contributed by atoms with van der Waals surface area (Å²) in [6.45, 7) is -0.559. The molecule has 1 aromatic carbocycles. The molecule has 3 N–H and O–H groups in total. The highest BCUT2D eigenvalue weighted by molar-refractivity contribution is 5.72. The van der Waals surface area contributed by atoms with Crippen LogP contribution in [0.4, 0.5) is 15.9 Å². The van der Waals surface area contributed by atoms with Crippen molar-refractivity contribution in [1.29, 1.82) is 0 Å². The van der Waals surface area contributed by atoms with Gasteiger partial charge in [-0.2, -0.15) is 4.98 Å². The smallest absolute Gasteiger partial charge is 0.352 e. The van der Waals surface area contributed by atoms with E-state index < -0.39 is 36.9 Å². The molecule has 126 valence electrons. The molecule has 0 aliphatic carbocycles. The van der Waals surface area contributed by atoms with Gasteiger partial charge in [-0.05, 0) is 12.1 Å². The number of aromatic nitrogens is 2. The summed E-state index contributed by atoms with van der Waals surface area (Å²) in [6.07, 6.45) is -4.61. The van der Waals surface area contributed by atoms with Gasteiger partial charge >= 0.3 is 5.69 Å². The SMILES string of the molecule is O=c1nc2c(cn1[C@@H]1O[C@H](CO)[C@H](O)C1F)Oc1ccccc1N2. The Labute approximate surface area is 135 Å². The van der Waals surface area contributed by atoms with Crippen LogP contribution in [0.5, 0.6) is 11.5 Å². The average molecular weight is 335 g/mol. The molecule has 2 aliphatic heterocycles. The van der Waals surface area contributed by atoms with Crippen LogP contribution in [0.2, 0.25) is 0 Å². The number of rotatable bonds is 2. The highest BCUT2D eigenvalue weighted by Crippen LogP contribution is 2.40. The van der Waals surface area contributed by atoms with Crippen molar-refractivity contribution in [2.45, 2.75) is 24.6 Å². The average Bonchev–Trinajstić information content (AvgIpc) is 2.87. The van der Waals surface area contributed by atoms with Crippen LogP contribution in [0.15, 0.2) is 35.3 Å². The number of alkyl halides is 1. The molecule has 0 radical (unpaired) electrons. The summed E-state index contributed by atoms with van der Waals surface area (Å²) in [6, 6.07) is 7.09. The molecule has 1 fully saturated rings. The molecule has 24 heavy (non-hydrogen) atoms. The van der Waals surface area contributed by atoms with Gasteiger partial charge in [-0.3, -0.25) is 4.57 Å². The molecule has 2 aromatic rings. The molecule has 9 heteroatoms. The van der Waals surface area contributed by atoms with Gasteiger partial charge in [0.25, 0.3) is 0 Å². The second kappa shape index (κ2) is 5.55. The second-order valence-corrected chi connectivity index (χ2v) is 5.55. The Morgan fingerprint density at radius 1 is 1.33 bits per heavy atom. The maximum atomic E-state index is 14.2. The molecule has 3 heterocycles. The lowest BCUT2D eigenvalue weighted by molar-refractivity contribution is -0.0492. The number of ether oxygens (including phenoxy) is 2. The van der Waals surface area contributed by atoms with Crippen molar-refractivity contribution in [2.75, 3.05) is 11.9 Å². The summed E-state index contributed by atoms with van der Waals surface area (Å²) in [7, 11) is 0. The van der Waals surface area contributed by atoms with E-state index in [1.165, 1.54) is 6.20 Å². The lowest BCUT2D eigenvalue weighted by Gasteiger charge is -2.23. The first-order chi connectivity index (χ1) is 11.6. The summed E-state index contributed by atoms with van der Waals surface area (Å²) >= 11 is 0. The zero-order valence-electron chi connectivity index (χ0n) is 12.3. The molecule has 0 spiro atoms. The molecule has 8 nitrogen and oxygen atoms in total. The minimum atomic E-state index is -1.87. The van der Waals surface area contributed by atoms with Crippen LogP contribution >= 0.6 is 0 Å². The second-order valence-electron chi connectivity index (χ2n) is 5.55. The Morgan fingerprint density at radius 3 is 2.88 bits per heavy atom. The number of aliphatic hydroxyl groups is 2. The number of para-hydroxylation sites is 2. The summed E-state index contributed by atoms with van der Waals surface area (Å²) < 4.78 is 26.0. The van der Waals surface area contributed by atoms with Crippen molar-refractivity contribution >= 4 is 11.5 Å². The molecular weight excluding hydrogens is 321 g/mol. The number of benzene rings is 1. The molecule has 4 rings (SSSR count). The van der Waals surface area contributed by atoms with Gasteiger partial charge in [0, 0.05) is 0 Å². The van der Waals surface area contributed by atoms with E-state index in [2.05, 4.69) is 10.3 Å². The van der Waals surface area contributed by atoms with Crippen LogP contribution in [0.3, 0.4) is 0 Å². The molecule has 0 saturated carbocycles. The van der Waals surface area contributed by atoms with Gasteiger partial charge in [-0.15, -0.1) is 0 Å². The van der Waals surface area contributed by atoms with E-state index in [1.54, 1.807) is 24.3 Å². The predicted octanol–water partition coefficient (Wildman–Crippen LogP) is 0.681. The van der Waals surface area contributed by atoms with E-state index in [4.69, 9.17) is 14.6 Å². The fraction of sp³-hybridized carbons (Fsp3) is 0.333. The van der Waals surface area contributed by atoms with Gasteiger partial charge in [-0.1, -0.05) is 12.1 Å². The zero-order chi connectivity index (χ0) is 16.8. The first-order valence-electron chi connectivity index (χ1n) is 7.34. The Bertz CT molecular complexity index is 842. The Hall–Kier alpha value is -2.49. The topological polar surface area (TPSA) is 106 Å². The molecule has 2 aliphatic rings. The number of hydrogen-bond donors (Lipinski definition) is 3. The van der Waals surface area contributed by atoms with Crippen molar-refractivity contribution in [1.82, 2.24) is 9.55 Å². The van der Waals surface area contributed by atoms with Crippen molar-refractivity contribution < 1.29 is 24.1 Å². The number of aliphatic hydroxyl groups excluding tert-OH is 2. The van der Waals surface area contributed by atoms with Crippen LogP contribution in [-0.2, 0) is 4.74 Å². The fourth-order valence-electron chi connectivity index (χ4n) is 2.78. The van der Waals surface area contributed by atoms with E-state index >= 15 is 0 Å². The summed E-state index contributed by atoms with van der Waals surface area (Å²) in [5.74, 6) is 0.975. The van der Waals surface area contributed by atoms with Crippen molar-refractivity contribution in [3.63, 3.8) is 0 Å². The summed E-state index contributed by atoms with van der Waals surface area (Å²) in [4.78, 5) is 16.1. The molecular formula is C15H14FN3O5. The van der Waals surface area contributed by atoms with Gasteiger partial charge in [-0.25, -0.2) is 9.18 Å². The maximum Gasteiger partial charge on any atom is 0.352 e. The van der Waals surface area contributed by atoms with E-state index in [-0.39, 0.29) is 11.6 Å². The monoisotopic (exact) mass is 335 g/mol. The van der Waals surface area contributed by atoms with Gasteiger partial charge in [0.15, 0.2) is 29.7 Å². The Morgan fingerprint density at radius 2 is 2.12 bits per heavy atom. The van der Waals surface area contributed by atoms with Gasteiger partial charge in [0.05, 0.1) is 18.5 Å². The predicted molar refractivity (Wildman–Crippen MR) is 80.2 cm³/mol. The van der Waals surface area contributed by atoms with Crippen LogP contribution in [-0.4, -0.2) is 44.8 Å². The number of halogens is 1. The summed E-state index contributed by atoms with van der Waals surface area (Å²) in [5.41, 5.74) is -0.103. The zero-order valence-corrected chi connectivity index (χ0v) is 12.3. The molecule has 1 saturated heterocycles. The lowest BCUT2D eigenvalue weighted by Crippen LogP contribution is -2.34. The number of fused-ring (bicyclic) bond motifs is 2. The number of nitrogens with zero attached hydrogens (tertiary/aromatic N) is 2. The minimum Gasteiger partial charge on any atom is -0.450 e.